The molecule has 122 valence electrons. The molecule has 1 spiro atoms. The number of amides is 2. The lowest BCUT2D eigenvalue weighted by Gasteiger charge is -2.28. The summed E-state index contributed by atoms with van der Waals surface area (Å²) >= 11 is 0. The van der Waals surface area contributed by atoms with Gasteiger partial charge < -0.3 is 5.32 Å². The first-order chi connectivity index (χ1) is 10.8. The highest BCUT2D eigenvalue weighted by Gasteiger charge is 2.56. The Morgan fingerprint density at radius 1 is 1.22 bits per heavy atom. The lowest BCUT2D eigenvalue weighted by Crippen LogP contribution is -2.37. The minimum absolute atomic E-state index is 0.372. The standard InChI is InChI=1S/C16H14F4N2O/c17-12-3-1-2-11-10(12)6-7-15(11)13(9-4-5-9)22(14(23)21-15)8-16(18,19)20/h1-3H,4-8H2,(H,21,23). The SMILES string of the molecule is O=C1NC2(CCc3c(F)cccc32)C(=C2CC2)N1CC(F)(F)F. The molecule has 1 saturated carbocycles. The van der Waals surface area contributed by atoms with Gasteiger partial charge in [-0.1, -0.05) is 12.1 Å². The third-order valence-corrected chi connectivity index (χ3v) is 4.74. The highest BCUT2D eigenvalue weighted by Crippen LogP contribution is 2.52. The van der Waals surface area contributed by atoms with Crippen LogP contribution in [0.3, 0.4) is 0 Å². The summed E-state index contributed by atoms with van der Waals surface area (Å²) < 4.78 is 52.6. The van der Waals surface area contributed by atoms with E-state index in [1.54, 1.807) is 6.07 Å². The van der Waals surface area contributed by atoms with Gasteiger partial charge in [0.1, 0.15) is 17.9 Å². The van der Waals surface area contributed by atoms with Crippen molar-refractivity contribution in [1.29, 1.82) is 0 Å². The molecule has 1 N–H and O–H groups in total. The lowest BCUT2D eigenvalue weighted by atomic mass is 9.88. The molecular formula is C16H14F4N2O. The van der Waals surface area contributed by atoms with Crippen LogP contribution in [0.4, 0.5) is 22.4 Å². The molecule has 4 rings (SSSR count). The molecule has 1 aromatic rings. The predicted molar refractivity (Wildman–Crippen MR) is 74.0 cm³/mol. The van der Waals surface area contributed by atoms with Crippen molar-refractivity contribution < 1.29 is 22.4 Å². The largest absolute Gasteiger partial charge is 0.406 e. The van der Waals surface area contributed by atoms with Crippen molar-refractivity contribution in [2.45, 2.75) is 37.4 Å². The number of nitrogens with one attached hydrogen (secondary N) is 1. The number of halogens is 4. The van der Waals surface area contributed by atoms with Crippen LogP contribution < -0.4 is 5.32 Å². The Balaban J connectivity index is 1.85. The first-order valence-electron chi connectivity index (χ1n) is 7.49. The number of rotatable bonds is 1. The molecule has 1 aliphatic heterocycles. The number of fused-ring (bicyclic) bond motifs is 2. The first-order valence-corrected chi connectivity index (χ1v) is 7.49. The highest BCUT2D eigenvalue weighted by molar-refractivity contribution is 5.84. The van der Waals surface area contributed by atoms with Crippen molar-refractivity contribution in [2.24, 2.45) is 0 Å². The maximum atomic E-state index is 14.0. The zero-order valence-corrected chi connectivity index (χ0v) is 12.1. The molecule has 1 unspecified atom stereocenters. The zero-order valence-electron chi connectivity index (χ0n) is 12.1. The molecule has 7 heteroatoms. The third-order valence-electron chi connectivity index (χ3n) is 4.74. The Morgan fingerprint density at radius 3 is 2.61 bits per heavy atom. The van der Waals surface area contributed by atoms with E-state index in [-0.39, 0.29) is 5.82 Å². The molecule has 0 bridgehead atoms. The number of urea groups is 1. The van der Waals surface area contributed by atoms with Crippen LogP contribution in [-0.2, 0) is 12.0 Å². The van der Waals surface area contributed by atoms with Gasteiger partial charge in [-0.3, -0.25) is 4.90 Å². The van der Waals surface area contributed by atoms with Gasteiger partial charge in [-0.15, -0.1) is 0 Å². The predicted octanol–water partition coefficient (Wildman–Crippen LogP) is 3.60. The number of hydrogen-bond donors (Lipinski definition) is 1. The van der Waals surface area contributed by atoms with Crippen LogP contribution in [0.5, 0.6) is 0 Å². The van der Waals surface area contributed by atoms with Crippen molar-refractivity contribution in [3.05, 3.63) is 46.4 Å². The molecule has 23 heavy (non-hydrogen) atoms. The van der Waals surface area contributed by atoms with Crippen LogP contribution >= 0.6 is 0 Å². The van der Waals surface area contributed by atoms with Gasteiger partial charge in [0.15, 0.2) is 0 Å². The Labute approximate surface area is 130 Å². The fourth-order valence-electron chi connectivity index (χ4n) is 3.80. The number of carbonyl (C=O) groups is 1. The average Bonchev–Trinajstić information content (AvgIpc) is 3.16. The number of nitrogens with zero attached hydrogens (tertiary/aromatic N) is 1. The Kier molecular flexibility index (Phi) is 2.84. The molecule has 2 amide bonds. The van der Waals surface area contributed by atoms with Crippen LogP contribution in [0.2, 0.25) is 0 Å². The second kappa shape index (κ2) is 4.49. The summed E-state index contributed by atoms with van der Waals surface area (Å²) in [6.07, 6.45) is -2.32. The number of alkyl halides is 3. The minimum Gasteiger partial charge on any atom is -0.323 e. The number of benzene rings is 1. The summed E-state index contributed by atoms with van der Waals surface area (Å²) in [6, 6.07) is 3.82. The van der Waals surface area contributed by atoms with Gasteiger partial charge >= 0.3 is 12.2 Å². The molecule has 2 aliphatic carbocycles. The van der Waals surface area contributed by atoms with Gasteiger partial charge in [-0.2, -0.15) is 13.2 Å². The number of hydrogen-bond acceptors (Lipinski definition) is 1. The smallest absolute Gasteiger partial charge is 0.323 e. The maximum Gasteiger partial charge on any atom is 0.406 e. The highest BCUT2D eigenvalue weighted by atomic mass is 19.4. The summed E-state index contributed by atoms with van der Waals surface area (Å²) in [4.78, 5) is 13.0. The quantitative estimate of drug-likeness (QED) is 0.786. The van der Waals surface area contributed by atoms with E-state index in [0.717, 1.165) is 10.5 Å². The van der Waals surface area contributed by atoms with E-state index in [4.69, 9.17) is 0 Å². The average molecular weight is 326 g/mol. The normalized spacial score (nSPS) is 26.1. The second-order valence-electron chi connectivity index (χ2n) is 6.25. The minimum atomic E-state index is -4.48. The van der Waals surface area contributed by atoms with Gasteiger partial charge in [0.2, 0.25) is 0 Å². The molecule has 2 fully saturated rings. The van der Waals surface area contributed by atoms with Gasteiger partial charge in [-0.25, -0.2) is 9.18 Å². The van der Waals surface area contributed by atoms with Crippen molar-refractivity contribution in [1.82, 2.24) is 10.2 Å². The van der Waals surface area contributed by atoms with E-state index in [1.807, 2.05) is 0 Å². The number of carbonyl (C=O) groups excluding carboxylic acids is 1. The van der Waals surface area contributed by atoms with Crippen molar-refractivity contribution in [2.75, 3.05) is 6.54 Å². The summed E-state index contributed by atoms with van der Waals surface area (Å²) in [6.45, 7) is -1.32. The maximum absolute atomic E-state index is 14.0. The molecular weight excluding hydrogens is 312 g/mol. The van der Waals surface area contributed by atoms with E-state index in [1.165, 1.54) is 12.1 Å². The molecule has 0 radical (unpaired) electrons. The first kappa shape index (κ1) is 14.5. The molecule has 1 aromatic carbocycles. The Hall–Kier alpha value is -2.05. The van der Waals surface area contributed by atoms with Crippen molar-refractivity contribution >= 4 is 6.03 Å². The van der Waals surface area contributed by atoms with Crippen LogP contribution in [0.1, 0.15) is 30.4 Å². The molecule has 3 nitrogen and oxygen atoms in total. The Morgan fingerprint density at radius 2 is 1.96 bits per heavy atom. The topological polar surface area (TPSA) is 32.3 Å². The van der Waals surface area contributed by atoms with E-state index >= 15 is 0 Å². The second-order valence-corrected chi connectivity index (χ2v) is 6.25. The molecule has 1 heterocycles. The van der Waals surface area contributed by atoms with Crippen LogP contribution in [-0.4, -0.2) is 23.7 Å². The van der Waals surface area contributed by atoms with Crippen LogP contribution in [0.25, 0.3) is 0 Å². The number of allylic oxidation sites excluding steroid dienone is 1. The van der Waals surface area contributed by atoms with Gasteiger partial charge in [0, 0.05) is 0 Å². The van der Waals surface area contributed by atoms with E-state index in [2.05, 4.69) is 5.32 Å². The van der Waals surface area contributed by atoms with E-state index in [0.29, 0.717) is 42.5 Å². The molecule has 1 saturated heterocycles. The Bertz CT molecular complexity index is 734. The fraction of sp³-hybridized carbons (Fsp3) is 0.438. The van der Waals surface area contributed by atoms with E-state index < -0.39 is 24.3 Å². The van der Waals surface area contributed by atoms with Gasteiger partial charge in [-0.05, 0) is 48.4 Å². The van der Waals surface area contributed by atoms with Gasteiger partial charge in [0.25, 0.3) is 0 Å². The zero-order chi connectivity index (χ0) is 16.4. The van der Waals surface area contributed by atoms with Gasteiger partial charge in [0.05, 0.1) is 5.70 Å². The van der Waals surface area contributed by atoms with Crippen molar-refractivity contribution in [3.63, 3.8) is 0 Å². The monoisotopic (exact) mass is 326 g/mol. The molecule has 0 aromatic heterocycles. The summed E-state index contributed by atoms with van der Waals surface area (Å²) in [5.41, 5.74) is 1.31. The summed E-state index contributed by atoms with van der Waals surface area (Å²) in [7, 11) is 0. The summed E-state index contributed by atoms with van der Waals surface area (Å²) in [5.74, 6) is -0.372. The molecule has 3 aliphatic rings. The lowest BCUT2D eigenvalue weighted by molar-refractivity contribution is -0.136. The third kappa shape index (κ3) is 2.13. The van der Waals surface area contributed by atoms with Crippen molar-refractivity contribution in [3.8, 4) is 0 Å². The van der Waals surface area contributed by atoms with Crippen LogP contribution in [0, 0.1) is 5.82 Å². The fourth-order valence-corrected chi connectivity index (χ4v) is 3.80. The summed E-state index contributed by atoms with van der Waals surface area (Å²) in [5, 5.41) is 2.72. The van der Waals surface area contributed by atoms with E-state index in [9.17, 15) is 22.4 Å². The molecule has 1 atom stereocenters. The van der Waals surface area contributed by atoms with Crippen LogP contribution in [0.15, 0.2) is 29.5 Å².